The average Bonchev–Trinajstić information content (AvgIpc) is 2.72. The van der Waals surface area contributed by atoms with Gasteiger partial charge in [0.1, 0.15) is 12.7 Å². The fourth-order valence-corrected chi connectivity index (χ4v) is 2.78. The van der Waals surface area contributed by atoms with Gasteiger partial charge in [0, 0.05) is 6.42 Å². The van der Waals surface area contributed by atoms with E-state index in [-0.39, 0.29) is 19.2 Å². The molecule has 0 saturated carbocycles. The topological polar surface area (TPSA) is 153 Å². The highest BCUT2D eigenvalue weighted by molar-refractivity contribution is 7.44. The number of phosphoric acid groups is 1. The van der Waals surface area contributed by atoms with E-state index in [1.807, 2.05) is 12.2 Å². The van der Waals surface area contributed by atoms with E-state index >= 15 is 0 Å². The molecule has 0 rings (SSSR count). The molecule has 9 heteroatoms. The Labute approximate surface area is 192 Å². The first-order chi connectivity index (χ1) is 14.8. The van der Waals surface area contributed by atoms with Gasteiger partial charge in [0.15, 0.2) is 0 Å². The van der Waals surface area contributed by atoms with Gasteiger partial charge in [0.05, 0.1) is 6.61 Å². The summed E-state index contributed by atoms with van der Waals surface area (Å²) in [6.07, 6.45) is 25.1. The maximum Gasteiger partial charge on any atom is 0.305 e. The summed E-state index contributed by atoms with van der Waals surface area (Å²) < 4.78 is 19.2. The van der Waals surface area contributed by atoms with E-state index in [0.717, 1.165) is 25.7 Å². The quantitative estimate of drug-likeness (QED) is 0.104. The fraction of sp³-hybridized carbons (Fsp3) is 0.609. The van der Waals surface area contributed by atoms with Crippen molar-refractivity contribution in [3.8, 4) is 0 Å². The standard InChI is InChI=1S/C23H39O7P.H3N/c1-2-3-4-5-6-7-8-9-10-11-12-13-14-15-16-17-18-19-23(25)29-20-22(24)21-30-31(26,27)28;/h6-7,9-10,12-13,15-16,22,24H,2-5,8,11,14,17-21H2,1H3,(H2,26,27,28);1H3/b7-6-,10-9-,13-12-,16-15-;/t22-;/m1./s1. The minimum atomic E-state index is -4.88. The summed E-state index contributed by atoms with van der Waals surface area (Å²) >= 11 is 0. The van der Waals surface area contributed by atoms with Crippen LogP contribution in [0.2, 0.25) is 0 Å². The van der Waals surface area contributed by atoms with Crippen LogP contribution in [0.5, 0.6) is 0 Å². The van der Waals surface area contributed by atoms with Crippen LogP contribution in [0.15, 0.2) is 48.6 Å². The Morgan fingerprint density at radius 2 is 1.41 bits per heavy atom. The highest BCUT2D eigenvalue weighted by Gasteiger charge is 2.11. The molecule has 186 valence electrons. The smallest absolute Gasteiger partial charge is 0.305 e. The minimum absolute atomic E-state index is 0. The highest BCUT2D eigenvalue weighted by atomic mass is 31.2. The highest BCUT2D eigenvalue weighted by Crippen LogP contribution is 2.30. The molecule has 0 aliphatic rings. The second-order valence-electron chi connectivity index (χ2n) is 7.08. The number of carbonyl (C=O) groups is 1. The summed E-state index contributed by atoms with van der Waals surface area (Å²) in [6.45, 7) is 1.17. The molecule has 6 N–H and O–H groups in total. The van der Waals surface area contributed by atoms with Crippen LogP contribution in [0, 0.1) is 0 Å². The molecule has 0 aromatic heterocycles. The minimum Gasteiger partial charge on any atom is -0.756 e. The second kappa shape index (κ2) is 22.6. The summed E-state index contributed by atoms with van der Waals surface area (Å²) in [6, 6.07) is 0. The lowest BCUT2D eigenvalue weighted by atomic mass is 10.2. The Morgan fingerprint density at radius 1 is 0.906 bits per heavy atom. The van der Waals surface area contributed by atoms with E-state index in [1.165, 1.54) is 25.7 Å². The Balaban J connectivity index is 0. The number of carbonyl (C=O) groups excluding carboxylic acids is 1. The predicted molar refractivity (Wildman–Crippen MR) is 127 cm³/mol. The van der Waals surface area contributed by atoms with E-state index in [2.05, 4.69) is 47.9 Å². The molecule has 0 heterocycles. The van der Waals surface area contributed by atoms with Crippen LogP contribution in [0.3, 0.4) is 0 Å². The molecule has 0 bridgehead atoms. The number of phosphoric ester groups is 1. The fourth-order valence-electron chi connectivity index (χ4n) is 2.41. The van der Waals surface area contributed by atoms with Crippen LogP contribution in [0.1, 0.15) is 71.1 Å². The van der Waals surface area contributed by atoms with Gasteiger partial charge in [-0.1, -0.05) is 68.4 Å². The number of hydrogen-bond donors (Lipinski definition) is 3. The maximum atomic E-state index is 11.5. The summed E-state index contributed by atoms with van der Waals surface area (Å²) in [4.78, 5) is 30.3. The second-order valence-corrected chi connectivity index (χ2v) is 8.28. The molecule has 0 amide bonds. The van der Waals surface area contributed by atoms with E-state index in [4.69, 9.17) is 9.63 Å². The van der Waals surface area contributed by atoms with E-state index in [1.54, 1.807) is 0 Å². The number of aliphatic hydroxyl groups is 1. The zero-order valence-corrected chi connectivity index (χ0v) is 20.5. The lowest BCUT2D eigenvalue weighted by Gasteiger charge is -2.18. The van der Waals surface area contributed by atoms with Crippen molar-refractivity contribution in [3.05, 3.63) is 48.6 Å². The van der Waals surface area contributed by atoms with Crippen molar-refractivity contribution in [3.63, 3.8) is 0 Å². The molecular weight excluding hydrogens is 433 g/mol. The van der Waals surface area contributed by atoms with Crippen molar-refractivity contribution in [2.45, 2.75) is 77.2 Å². The molecule has 0 saturated heterocycles. The van der Waals surface area contributed by atoms with E-state index < -0.39 is 26.5 Å². The maximum absolute atomic E-state index is 11.5. The average molecular weight is 476 g/mol. The third-order valence-corrected chi connectivity index (χ3v) is 4.55. The predicted octanol–water partition coefficient (Wildman–Crippen LogP) is 4.89. The number of rotatable bonds is 19. The van der Waals surface area contributed by atoms with Crippen molar-refractivity contribution < 1.29 is 33.5 Å². The number of ether oxygens (including phenoxy) is 1. The molecule has 32 heavy (non-hydrogen) atoms. The lowest BCUT2D eigenvalue weighted by Crippen LogP contribution is -2.24. The van der Waals surface area contributed by atoms with Gasteiger partial charge in [0.2, 0.25) is 0 Å². The third kappa shape index (κ3) is 26.5. The van der Waals surface area contributed by atoms with Gasteiger partial charge in [-0.15, -0.1) is 0 Å². The van der Waals surface area contributed by atoms with Crippen molar-refractivity contribution in [2.75, 3.05) is 13.2 Å². The van der Waals surface area contributed by atoms with Gasteiger partial charge in [-0.25, -0.2) is 0 Å². The monoisotopic (exact) mass is 475 g/mol. The molecule has 1 unspecified atom stereocenters. The van der Waals surface area contributed by atoms with E-state index in [9.17, 15) is 19.4 Å². The summed E-state index contributed by atoms with van der Waals surface area (Å²) in [5.41, 5.74) is 0. The molecule has 0 aromatic carbocycles. The van der Waals surface area contributed by atoms with Crippen LogP contribution in [0.4, 0.5) is 0 Å². The Hall–Kier alpha value is -1.54. The van der Waals surface area contributed by atoms with Gasteiger partial charge in [-0.2, -0.15) is 0 Å². The number of quaternary nitrogens is 1. The number of unbranched alkanes of at least 4 members (excludes halogenated alkanes) is 4. The number of esters is 1. The Bertz CT molecular complexity index is 611. The van der Waals surface area contributed by atoms with Crippen LogP contribution in [-0.2, 0) is 18.6 Å². The van der Waals surface area contributed by atoms with Crippen molar-refractivity contribution in [1.29, 1.82) is 0 Å². The van der Waals surface area contributed by atoms with E-state index in [0.29, 0.717) is 6.42 Å². The molecule has 0 radical (unpaired) electrons. The summed E-state index contributed by atoms with van der Waals surface area (Å²) in [5.74, 6) is -0.482. The largest absolute Gasteiger partial charge is 0.756 e. The van der Waals surface area contributed by atoms with Crippen LogP contribution in [-0.4, -0.2) is 35.3 Å². The first-order valence-electron chi connectivity index (χ1n) is 11.0. The first-order valence-corrected chi connectivity index (χ1v) is 12.5. The van der Waals surface area contributed by atoms with Crippen LogP contribution in [0.25, 0.3) is 0 Å². The van der Waals surface area contributed by atoms with Crippen molar-refractivity contribution >= 4 is 13.8 Å². The van der Waals surface area contributed by atoms with Gasteiger partial charge in [0.25, 0.3) is 7.82 Å². The number of aliphatic hydroxyl groups excluding tert-OH is 1. The molecule has 0 aliphatic carbocycles. The number of hydrogen-bond acceptors (Lipinski definition) is 6. The normalized spacial score (nSPS) is 14.9. The van der Waals surface area contributed by atoms with Gasteiger partial charge < -0.3 is 30.3 Å². The van der Waals surface area contributed by atoms with Crippen molar-refractivity contribution in [1.82, 2.24) is 6.15 Å². The van der Waals surface area contributed by atoms with Gasteiger partial charge in [-0.05, 0) is 44.9 Å². The van der Waals surface area contributed by atoms with Crippen molar-refractivity contribution in [2.24, 2.45) is 0 Å². The van der Waals surface area contributed by atoms with Crippen LogP contribution >= 0.6 is 7.82 Å². The molecule has 0 aromatic rings. The molecule has 2 atom stereocenters. The van der Waals surface area contributed by atoms with Gasteiger partial charge in [-0.3, -0.25) is 9.36 Å². The summed E-state index contributed by atoms with van der Waals surface area (Å²) in [5, 5.41) is 9.38. The Kier molecular flexibility index (Phi) is 23.1. The molecule has 0 aliphatic heterocycles. The number of allylic oxidation sites excluding steroid dienone is 8. The molecule has 0 spiro atoms. The van der Waals surface area contributed by atoms with Crippen LogP contribution < -0.4 is 11.0 Å². The zero-order chi connectivity index (χ0) is 23.2. The summed E-state index contributed by atoms with van der Waals surface area (Å²) in [7, 11) is -4.88. The lowest BCUT2D eigenvalue weighted by molar-refractivity contribution is -0.222. The third-order valence-electron chi connectivity index (χ3n) is 4.08. The molecule has 0 fully saturated rings. The molecular formula is C23H42NO7P. The Morgan fingerprint density at radius 3 is 1.91 bits per heavy atom. The zero-order valence-electron chi connectivity index (χ0n) is 19.6. The first kappa shape index (κ1) is 32.6. The van der Waals surface area contributed by atoms with Gasteiger partial charge >= 0.3 is 5.97 Å². The SMILES string of the molecule is CCCCC/C=C\C/C=C\C/C=C\C/C=C\CCCC(=O)OC[C@@H](O)COP(=O)([O-])O.[NH4+]. The molecule has 8 nitrogen and oxygen atoms in total.